The maximum Gasteiger partial charge on any atom is 0.0113 e. The van der Waals surface area contributed by atoms with Gasteiger partial charge >= 0.3 is 0 Å². The number of hydrogen-bond acceptors (Lipinski definition) is 3. The lowest BCUT2D eigenvalue weighted by Crippen LogP contribution is -2.50. The molecule has 0 aromatic carbocycles. The summed E-state index contributed by atoms with van der Waals surface area (Å²) in [6, 6.07) is 0.698. The van der Waals surface area contributed by atoms with Gasteiger partial charge in [-0.2, -0.15) is 0 Å². The van der Waals surface area contributed by atoms with E-state index in [0.717, 1.165) is 6.54 Å². The first kappa shape index (κ1) is 12.9. The second-order valence-corrected chi connectivity index (χ2v) is 4.94. The fraction of sp³-hybridized carbons (Fsp3) is 1.00. The molecule has 1 rings (SSSR count). The molecule has 0 aromatic rings. The lowest BCUT2D eigenvalue weighted by Gasteiger charge is -2.38. The third-order valence-corrected chi connectivity index (χ3v) is 3.56. The van der Waals surface area contributed by atoms with Gasteiger partial charge in [0.1, 0.15) is 0 Å². The highest BCUT2D eigenvalue weighted by atomic mass is 15.3. The normalized spacial score (nSPS) is 22.2. The van der Waals surface area contributed by atoms with E-state index in [1.807, 2.05) is 0 Å². The van der Waals surface area contributed by atoms with Crippen molar-refractivity contribution in [3.8, 4) is 0 Å². The molecule has 0 bridgehead atoms. The predicted octanol–water partition coefficient (Wildman–Crippen LogP) is 0.997. The van der Waals surface area contributed by atoms with Crippen LogP contribution in [0.15, 0.2) is 0 Å². The van der Waals surface area contributed by atoms with Crippen molar-refractivity contribution in [2.75, 3.05) is 39.3 Å². The van der Waals surface area contributed by atoms with E-state index in [1.54, 1.807) is 0 Å². The molecule has 1 heterocycles. The summed E-state index contributed by atoms with van der Waals surface area (Å²) in [6.45, 7) is 13.7. The van der Waals surface area contributed by atoms with Crippen molar-refractivity contribution in [2.45, 2.75) is 33.2 Å². The van der Waals surface area contributed by atoms with E-state index < -0.39 is 0 Å². The van der Waals surface area contributed by atoms with Gasteiger partial charge in [-0.3, -0.25) is 4.90 Å². The second-order valence-electron chi connectivity index (χ2n) is 4.94. The zero-order chi connectivity index (χ0) is 11.3. The van der Waals surface area contributed by atoms with Gasteiger partial charge < -0.3 is 10.6 Å². The van der Waals surface area contributed by atoms with Crippen LogP contribution in [-0.2, 0) is 0 Å². The minimum Gasteiger partial charge on any atom is -0.330 e. The third-order valence-electron chi connectivity index (χ3n) is 3.56. The van der Waals surface area contributed by atoms with Crippen molar-refractivity contribution >= 4 is 0 Å². The molecule has 1 unspecified atom stereocenters. The summed E-state index contributed by atoms with van der Waals surface area (Å²) in [5.41, 5.74) is 5.74. The van der Waals surface area contributed by atoms with E-state index in [2.05, 4.69) is 30.6 Å². The van der Waals surface area contributed by atoms with Crippen molar-refractivity contribution in [3.63, 3.8) is 0 Å². The summed E-state index contributed by atoms with van der Waals surface area (Å²) < 4.78 is 0. The maximum absolute atomic E-state index is 5.74. The van der Waals surface area contributed by atoms with Crippen molar-refractivity contribution in [3.05, 3.63) is 0 Å². The highest BCUT2D eigenvalue weighted by Gasteiger charge is 2.20. The van der Waals surface area contributed by atoms with Crippen molar-refractivity contribution < 1.29 is 0 Å². The summed E-state index contributed by atoms with van der Waals surface area (Å²) in [6.07, 6.45) is 1.21. The fourth-order valence-corrected chi connectivity index (χ4v) is 2.20. The average molecular weight is 213 g/mol. The van der Waals surface area contributed by atoms with Crippen molar-refractivity contribution in [2.24, 2.45) is 11.7 Å². The topological polar surface area (TPSA) is 32.5 Å². The molecule has 15 heavy (non-hydrogen) atoms. The molecule has 0 aliphatic carbocycles. The number of rotatable bonds is 5. The summed E-state index contributed by atoms with van der Waals surface area (Å²) in [5.74, 6) is 0.690. The Balaban J connectivity index is 2.25. The molecule has 1 aliphatic rings. The Morgan fingerprint density at radius 3 is 2.13 bits per heavy atom. The number of nitrogens with two attached hydrogens (primary N) is 1. The molecule has 0 saturated carbocycles. The molecule has 0 amide bonds. The van der Waals surface area contributed by atoms with Gasteiger partial charge in [0.25, 0.3) is 0 Å². The van der Waals surface area contributed by atoms with E-state index in [-0.39, 0.29) is 0 Å². The first-order valence-corrected chi connectivity index (χ1v) is 6.33. The Bertz CT molecular complexity index is 158. The van der Waals surface area contributed by atoms with Gasteiger partial charge in [-0.1, -0.05) is 13.3 Å². The number of piperazine rings is 1. The van der Waals surface area contributed by atoms with Crippen LogP contribution in [0.25, 0.3) is 0 Å². The molecule has 3 heteroatoms. The van der Waals surface area contributed by atoms with Crippen LogP contribution in [0, 0.1) is 5.92 Å². The van der Waals surface area contributed by atoms with E-state index in [1.165, 1.54) is 39.1 Å². The first-order chi connectivity index (χ1) is 7.17. The van der Waals surface area contributed by atoms with Gasteiger partial charge in [0.2, 0.25) is 0 Å². The Morgan fingerprint density at radius 2 is 1.73 bits per heavy atom. The lowest BCUT2D eigenvalue weighted by molar-refractivity contribution is 0.0970. The Hall–Kier alpha value is -0.120. The van der Waals surface area contributed by atoms with Crippen LogP contribution in [0.5, 0.6) is 0 Å². The van der Waals surface area contributed by atoms with Gasteiger partial charge in [-0.15, -0.1) is 0 Å². The highest BCUT2D eigenvalue weighted by Crippen LogP contribution is 2.09. The van der Waals surface area contributed by atoms with Crippen LogP contribution in [-0.4, -0.2) is 55.1 Å². The molecule has 1 atom stereocenters. The molecule has 1 saturated heterocycles. The predicted molar refractivity (Wildman–Crippen MR) is 66.0 cm³/mol. The van der Waals surface area contributed by atoms with E-state index >= 15 is 0 Å². The molecule has 2 N–H and O–H groups in total. The van der Waals surface area contributed by atoms with Crippen molar-refractivity contribution in [1.82, 2.24) is 9.80 Å². The molecular formula is C12H27N3. The number of nitrogens with zero attached hydrogens (tertiary/aromatic N) is 2. The number of hydrogen-bond donors (Lipinski definition) is 1. The monoisotopic (exact) mass is 213 g/mol. The van der Waals surface area contributed by atoms with E-state index in [9.17, 15) is 0 Å². The molecule has 1 aliphatic heterocycles. The van der Waals surface area contributed by atoms with Crippen LogP contribution >= 0.6 is 0 Å². The molecule has 90 valence electrons. The van der Waals surface area contributed by atoms with Gasteiger partial charge in [-0.25, -0.2) is 0 Å². The fourth-order valence-electron chi connectivity index (χ4n) is 2.20. The SMILES string of the molecule is CCC(CN)CN1CCN(C(C)C)CC1. The zero-order valence-electron chi connectivity index (χ0n) is 10.6. The minimum absolute atomic E-state index is 0.690. The summed E-state index contributed by atoms with van der Waals surface area (Å²) in [4.78, 5) is 5.12. The van der Waals surface area contributed by atoms with Gasteiger partial charge in [0.15, 0.2) is 0 Å². The summed E-state index contributed by atoms with van der Waals surface area (Å²) in [7, 11) is 0. The molecular weight excluding hydrogens is 186 g/mol. The third kappa shape index (κ3) is 4.09. The molecule has 3 nitrogen and oxygen atoms in total. The summed E-state index contributed by atoms with van der Waals surface area (Å²) in [5, 5.41) is 0. The molecule has 0 spiro atoms. The van der Waals surface area contributed by atoms with E-state index in [0.29, 0.717) is 12.0 Å². The van der Waals surface area contributed by atoms with Crippen LogP contribution in [0.1, 0.15) is 27.2 Å². The Labute approximate surface area is 94.6 Å². The smallest absolute Gasteiger partial charge is 0.0113 e. The lowest BCUT2D eigenvalue weighted by atomic mass is 10.1. The largest absolute Gasteiger partial charge is 0.330 e. The van der Waals surface area contributed by atoms with Gasteiger partial charge in [-0.05, 0) is 26.3 Å². The summed E-state index contributed by atoms with van der Waals surface area (Å²) >= 11 is 0. The van der Waals surface area contributed by atoms with Crippen LogP contribution < -0.4 is 5.73 Å². The van der Waals surface area contributed by atoms with Crippen LogP contribution in [0.3, 0.4) is 0 Å². The highest BCUT2D eigenvalue weighted by molar-refractivity contribution is 4.76. The zero-order valence-corrected chi connectivity index (χ0v) is 10.6. The molecule has 0 aromatic heterocycles. The van der Waals surface area contributed by atoms with Crippen LogP contribution in [0.2, 0.25) is 0 Å². The van der Waals surface area contributed by atoms with Crippen LogP contribution in [0.4, 0.5) is 0 Å². The van der Waals surface area contributed by atoms with Gasteiger partial charge in [0, 0.05) is 38.8 Å². The quantitative estimate of drug-likeness (QED) is 0.739. The molecule has 0 radical (unpaired) electrons. The Morgan fingerprint density at radius 1 is 1.13 bits per heavy atom. The second kappa shape index (κ2) is 6.46. The maximum atomic E-state index is 5.74. The average Bonchev–Trinajstić information content (AvgIpc) is 2.26. The van der Waals surface area contributed by atoms with Gasteiger partial charge in [0.05, 0.1) is 0 Å². The standard InChI is InChI=1S/C12H27N3/c1-4-12(9-13)10-14-5-7-15(8-6-14)11(2)3/h11-12H,4-10,13H2,1-3H3. The Kier molecular flexibility index (Phi) is 5.58. The van der Waals surface area contributed by atoms with Crippen molar-refractivity contribution in [1.29, 1.82) is 0 Å². The first-order valence-electron chi connectivity index (χ1n) is 6.33. The minimum atomic E-state index is 0.690. The molecule has 1 fully saturated rings. The van der Waals surface area contributed by atoms with E-state index in [4.69, 9.17) is 5.73 Å².